The number of hydrogen-bond donors (Lipinski definition) is 1. The van der Waals surface area contributed by atoms with E-state index in [1.54, 1.807) is 13.0 Å². The number of alkyl halides is 1. The van der Waals surface area contributed by atoms with Crippen LogP contribution in [0.5, 0.6) is 0 Å². The molecule has 0 bridgehead atoms. The highest BCUT2D eigenvalue weighted by Crippen LogP contribution is 2.59. The second-order valence-corrected chi connectivity index (χ2v) is 10.6. The monoisotopic (exact) mass is 543 g/mol. The molecule has 3 aliphatic heterocycles. The molecular formula is C23H18Cl4FN3O3. The second kappa shape index (κ2) is 8.35. The number of amides is 3. The van der Waals surface area contributed by atoms with Crippen molar-refractivity contribution in [3.05, 3.63) is 56.0 Å². The normalized spacial score (nSPS) is 30.6. The maximum Gasteiger partial charge on any atom is 0.239 e. The maximum atomic E-state index is 14.7. The number of halogens is 5. The molecule has 34 heavy (non-hydrogen) atoms. The Hall–Kier alpha value is -1.90. The predicted octanol–water partition coefficient (Wildman–Crippen LogP) is 5.32. The Labute approximate surface area is 214 Å². The zero-order valence-corrected chi connectivity index (χ0v) is 20.7. The Kier molecular flexibility index (Phi) is 5.85. The summed E-state index contributed by atoms with van der Waals surface area (Å²) in [5, 5.41) is 3.59. The van der Waals surface area contributed by atoms with Crippen LogP contribution in [0.25, 0.3) is 0 Å². The fraction of sp³-hybridized carbons (Fsp3) is 0.348. The highest BCUT2D eigenvalue weighted by Gasteiger charge is 2.70. The Balaban J connectivity index is 1.71. The number of nitrogens with zero attached hydrogens (tertiary/aromatic N) is 2. The molecule has 0 saturated carbocycles. The van der Waals surface area contributed by atoms with Crippen molar-refractivity contribution in [1.82, 2.24) is 4.90 Å². The van der Waals surface area contributed by atoms with Crippen LogP contribution in [-0.2, 0) is 19.9 Å². The molecule has 5 rings (SSSR count). The lowest BCUT2D eigenvalue weighted by atomic mass is 9.75. The number of nitrogens with one attached hydrogen (secondary N) is 1. The summed E-state index contributed by atoms with van der Waals surface area (Å²) in [6, 6.07) is 7.02. The summed E-state index contributed by atoms with van der Waals surface area (Å²) in [6.07, 6.45) is -0.611. The maximum absolute atomic E-state index is 14.7. The van der Waals surface area contributed by atoms with Crippen LogP contribution in [0.1, 0.15) is 18.9 Å². The van der Waals surface area contributed by atoms with Crippen molar-refractivity contribution in [3.8, 4) is 0 Å². The van der Waals surface area contributed by atoms with Crippen LogP contribution in [0.3, 0.4) is 0 Å². The molecule has 1 N–H and O–H groups in total. The van der Waals surface area contributed by atoms with Gasteiger partial charge in [-0.2, -0.15) is 0 Å². The zero-order valence-electron chi connectivity index (χ0n) is 17.7. The van der Waals surface area contributed by atoms with Crippen molar-refractivity contribution in [3.63, 3.8) is 0 Å². The van der Waals surface area contributed by atoms with E-state index in [9.17, 15) is 18.8 Å². The lowest BCUT2D eigenvalue weighted by Crippen LogP contribution is -2.49. The second-order valence-electron chi connectivity index (χ2n) is 8.92. The lowest BCUT2D eigenvalue weighted by molar-refractivity contribution is -0.125. The average Bonchev–Trinajstić information content (AvgIpc) is 3.32. The molecule has 6 nitrogen and oxygen atoms in total. The molecule has 0 spiro atoms. The highest BCUT2D eigenvalue weighted by molar-refractivity contribution is 6.37. The summed E-state index contributed by atoms with van der Waals surface area (Å²) < 4.78 is 14.7. The van der Waals surface area contributed by atoms with E-state index in [-0.39, 0.29) is 44.4 Å². The SMILES string of the molecule is CC1(c2cc(Cl)cc(Cl)c2NC=O)C2C(=O)N(c3cc(Cl)cc(Cl)c3)C(=O)C2C2CC(F)CN21. The van der Waals surface area contributed by atoms with Crippen LogP contribution >= 0.6 is 46.4 Å². The molecule has 3 aliphatic rings. The smallest absolute Gasteiger partial charge is 0.239 e. The van der Waals surface area contributed by atoms with Crippen molar-refractivity contribution in [1.29, 1.82) is 0 Å². The quantitative estimate of drug-likeness (QED) is 0.418. The minimum atomic E-state index is -1.18. The molecule has 5 atom stereocenters. The van der Waals surface area contributed by atoms with E-state index in [4.69, 9.17) is 46.4 Å². The zero-order chi connectivity index (χ0) is 24.5. The first-order valence-electron chi connectivity index (χ1n) is 10.5. The Morgan fingerprint density at radius 1 is 1.03 bits per heavy atom. The number of anilines is 2. The Morgan fingerprint density at radius 2 is 1.68 bits per heavy atom. The van der Waals surface area contributed by atoms with Crippen molar-refractivity contribution < 1.29 is 18.8 Å². The first-order valence-corrected chi connectivity index (χ1v) is 12.0. The first kappa shape index (κ1) is 23.8. The van der Waals surface area contributed by atoms with Crippen molar-refractivity contribution in [2.75, 3.05) is 16.8 Å². The van der Waals surface area contributed by atoms with E-state index < -0.39 is 41.4 Å². The van der Waals surface area contributed by atoms with Crippen LogP contribution in [0.4, 0.5) is 15.8 Å². The number of rotatable bonds is 4. The molecule has 0 aliphatic carbocycles. The fourth-order valence-electron chi connectivity index (χ4n) is 5.96. The molecule has 5 unspecified atom stereocenters. The first-order chi connectivity index (χ1) is 16.1. The van der Waals surface area contributed by atoms with Gasteiger partial charge in [0.2, 0.25) is 18.2 Å². The van der Waals surface area contributed by atoms with Gasteiger partial charge in [0.15, 0.2) is 0 Å². The van der Waals surface area contributed by atoms with E-state index in [2.05, 4.69) is 5.32 Å². The van der Waals surface area contributed by atoms with Gasteiger partial charge in [-0.15, -0.1) is 0 Å². The van der Waals surface area contributed by atoms with Gasteiger partial charge in [0.05, 0.1) is 33.8 Å². The summed E-state index contributed by atoms with van der Waals surface area (Å²) in [5.41, 5.74) is -0.230. The van der Waals surface area contributed by atoms with Crippen molar-refractivity contribution in [2.24, 2.45) is 11.8 Å². The van der Waals surface area contributed by atoms with Gasteiger partial charge in [0, 0.05) is 27.7 Å². The van der Waals surface area contributed by atoms with Crippen LogP contribution in [0.2, 0.25) is 20.1 Å². The Bertz CT molecular complexity index is 1220. The summed E-state index contributed by atoms with van der Waals surface area (Å²) in [7, 11) is 0. The summed E-state index contributed by atoms with van der Waals surface area (Å²) in [6.45, 7) is 1.79. The standard InChI is InChI=1S/C23H18Cl4FN3O3/c1-23(15-5-12(26)6-16(27)20(15)29-9-32)19-18(17-7-13(28)8-30(17)23)21(33)31(22(19)34)14-3-10(24)2-11(25)4-14/h2-6,9,13,17-19H,7-8H2,1H3,(H,29,32). The molecule has 3 saturated heterocycles. The fourth-order valence-corrected chi connectivity index (χ4v) is 7.02. The predicted molar refractivity (Wildman–Crippen MR) is 129 cm³/mol. The molecule has 3 amide bonds. The summed E-state index contributed by atoms with van der Waals surface area (Å²) in [4.78, 5) is 41.9. The van der Waals surface area contributed by atoms with E-state index in [0.29, 0.717) is 12.0 Å². The molecule has 178 valence electrons. The van der Waals surface area contributed by atoms with Gasteiger partial charge in [-0.05, 0) is 49.2 Å². The highest BCUT2D eigenvalue weighted by atomic mass is 35.5. The van der Waals surface area contributed by atoms with Crippen LogP contribution in [-0.4, -0.2) is 41.9 Å². The molecular weight excluding hydrogens is 527 g/mol. The minimum absolute atomic E-state index is 0.0301. The van der Waals surface area contributed by atoms with E-state index in [1.165, 1.54) is 24.3 Å². The molecule has 3 heterocycles. The molecule has 3 fully saturated rings. The third-order valence-electron chi connectivity index (χ3n) is 7.17. The van der Waals surface area contributed by atoms with Crippen LogP contribution in [0, 0.1) is 11.8 Å². The van der Waals surface area contributed by atoms with E-state index in [0.717, 1.165) is 4.90 Å². The number of imide groups is 1. The number of benzene rings is 2. The lowest BCUT2D eigenvalue weighted by Gasteiger charge is -2.40. The molecule has 2 aromatic rings. The van der Waals surface area contributed by atoms with E-state index in [1.807, 2.05) is 4.90 Å². The van der Waals surface area contributed by atoms with Crippen LogP contribution in [0.15, 0.2) is 30.3 Å². The molecule has 0 radical (unpaired) electrons. The number of carbonyl (C=O) groups is 3. The molecule has 11 heteroatoms. The minimum Gasteiger partial charge on any atom is -0.327 e. The third-order valence-corrected chi connectivity index (χ3v) is 8.12. The summed E-state index contributed by atoms with van der Waals surface area (Å²) >= 11 is 25.0. The molecule has 2 aromatic carbocycles. The Morgan fingerprint density at radius 3 is 2.32 bits per heavy atom. The topological polar surface area (TPSA) is 69.7 Å². The molecule has 0 aromatic heterocycles. The van der Waals surface area contributed by atoms with Gasteiger partial charge in [-0.3, -0.25) is 19.3 Å². The largest absolute Gasteiger partial charge is 0.327 e. The van der Waals surface area contributed by atoms with Crippen molar-refractivity contribution in [2.45, 2.75) is 31.1 Å². The van der Waals surface area contributed by atoms with Crippen molar-refractivity contribution >= 4 is 76.0 Å². The summed E-state index contributed by atoms with van der Waals surface area (Å²) in [5.74, 6) is -2.59. The number of fused-ring (bicyclic) bond motifs is 3. The third kappa shape index (κ3) is 3.36. The van der Waals surface area contributed by atoms with Gasteiger partial charge in [-0.25, -0.2) is 9.29 Å². The van der Waals surface area contributed by atoms with Gasteiger partial charge < -0.3 is 5.32 Å². The van der Waals surface area contributed by atoms with Gasteiger partial charge in [0.1, 0.15) is 6.17 Å². The number of hydrogen-bond acceptors (Lipinski definition) is 4. The van der Waals surface area contributed by atoms with E-state index >= 15 is 0 Å². The van der Waals surface area contributed by atoms with Crippen LogP contribution < -0.4 is 10.2 Å². The van der Waals surface area contributed by atoms with Gasteiger partial charge in [0.25, 0.3) is 0 Å². The van der Waals surface area contributed by atoms with Gasteiger partial charge >= 0.3 is 0 Å². The average molecular weight is 545 g/mol. The van der Waals surface area contributed by atoms with Gasteiger partial charge in [-0.1, -0.05) is 46.4 Å². The number of carbonyl (C=O) groups excluding carboxylic acids is 3.